The first-order chi connectivity index (χ1) is 7.77. The van der Waals surface area contributed by atoms with Crippen molar-refractivity contribution in [3.05, 3.63) is 40.4 Å². The molecule has 1 aliphatic heterocycles. The van der Waals surface area contributed by atoms with E-state index in [9.17, 15) is 4.79 Å². The van der Waals surface area contributed by atoms with Crippen LogP contribution in [0, 0.1) is 0 Å². The molecule has 1 aromatic carbocycles. The normalized spacial score (nSPS) is 15.9. The lowest BCUT2D eigenvalue weighted by Crippen LogP contribution is -2.25. The summed E-state index contributed by atoms with van der Waals surface area (Å²) >= 11 is 3.45. The van der Waals surface area contributed by atoms with E-state index >= 15 is 0 Å². The van der Waals surface area contributed by atoms with Gasteiger partial charge in [-0.05, 0) is 30.5 Å². The van der Waals surface area contributed by atoms with Gasteiger partial charge in [-0.25, -0.2) is 0 Å². The van der Waals surface area contributed by atoms with Crippen LogP contribution < -0.4 is 0 Å². The van der Waals surface area contributed by atoms with Crippen molar-refractivity contribution in [3.8, 4) is 0 Å². The minimum Gasteiger partial charge on any atom is -0.339 e. The molecular formula is C13H14BrNO. The van der Waals surface area contributed by atoms with Gasteiger partial charge in [0.05, 0.1) is 0 Å². The molecule has 2 nitrogen and oxygen atoms in total. The number of rotatable bonds is 2. The Hall–Kier alpha value is -1.09. The molecule has 16 heavy (non-hydrogen) atoms. The van der Waals surface area contributed by atoms with E-state index < -0.39 is 0 Å². The first kappa shape index (κ1) is 11.4. The van der Waals surface area contributed by atoms with Gasteiger partial charge in [0.15, 0.2) is 0 Å². The summed E-state index contributed by atoms with van der Waals surface area (Å²) < 4.78 is 1.01. The summed E-state index contributed by atoms with van der Waals surface area (Å²) in [4.78, 5) is 13.6. The fourth-order valence-corrected chi connectivity index (χ4v) is 2.23. The zero-order chi connectivity index (χ0) is 11.4. The second-order valence-corrected chi connectivity index (χ2v) is 4.74. The number of halogens is 1. The van der Waals surface area contributed by atoms with Crippen LogP contribution in [0.3, 0.4) is 0 Å². The van der Waals surface area contributed by atoms with E-state index in [0.29, 0.717) is 0 Å². The molecule has 0 radical (unpaired) electrons. The number of nitrogens with zero attached hydrogens (tertiary/aromatic N) is 1. The second kappa shape index (κ2) is 5.30. The fraction of sp³-hybridized carbons (Fsp3) is 0.308. The molecule has 84 valence electrons. The number of hydrogen-bond acceptors (Lipinski definition) is 1. The lowest BCUT2D eigenvalue weighted by molar-refractivity contribution is -0.124. The number of likely N-dealkylation sites (tertiary alicyclic amines) is 1. The topological polar surface area (TPSA) is 20.3 Å². The highest BCUT2D eigenvalue weighted by Crippen LogP contribution is 2.17. The summed E-state index contributed by atoms with van der Waals surface area (Å²) in [5.74, 6) is 0.119. The van der Waals surface area contributed by atoms with Crippen LogP contribution in [0.15, 0.2) is 34.8 Å². The predicted octanol–water partition coefficient (Wildman–Crippen LogP) is 3.08. The molecule has 1 aliphatic rings. The molecule has 0 atom stereocenters. The van der Waals surface area contributed by atoms with Crippen molar-refractivity contribution in [2.75, 3.05) is 13.1 Å². The highest BCUT2D eigenvalue weighted by atomic mass is 79.9. The van der Waals surface area contributed by atoms with Gasteiger partial charge in [-0.1, -0.05) is 34.1 Å². The van der Waals surface area contributed by atoms with E-state index in [1.165, 1.54) is 0 Å². The van der Waals surface area contributed by atoms with Gasteiger partial charge in [-0.2, -0.15) is 0 Å². The van der Waals surface area contributed by atoms with E-state index in [0.717, 1.165) is 36.0 Å². The van der Waals surface area contributed by atoms with E-state index in [1.807, 2.05) is 35.2 Å². The molecule has 1 aromatic rings. The van der Waals surface area contributed by atoms with Crippen molar-refractivity contribution in [2.24, 2.45) is 0 Å². The number of hydrogen-bond donors (Lipinski definition) is 0. The van der Waals surface area contributed by atoms with Crippen LogP contribution >= 0.6 is 15.9 Å². The molecule has 0 saturated carbocycles. The molecule has 0 spiro atoms. The van der Waals surface area contributed by atoms with Gasteiger partial charge in [0, 0.05) is 23.6 Å². The van der Waals surface area contributed by atoms with Gasteiger partial charge >= 0.3 is 0 Å². The molecular weight excluding hydrogens is 266 g/mol. The quantitative estimate of drug-likeness (QED) is 0.762. The van der Waals surface area contributed by atoms with Gasteiger partial charge in [0.1, 0.15) is 0 Å². The maximum atomic E-state index is 11.8. The standard InChI is InChI=1S/C13H14BrNO/c14-12-6-2-1-5-11(12)7-8-13(16)15-9-3-4-10-15/h1-2,5-8H,3-4,9-10H2. The van der Waals surface area contributed by atoms with E-state index in [2.05, 4.69) is 15.9 Å². The Morgan fingerprint density at radius 3 is 2.62 bits per heavy atom. The van der Waals surface area contributed by atoms with Crippen LogP contribution in [0.5, 0.6) is 0 Å². The van der Waals surface area contributed by atoms with Crippen LogP contribution in [0.4, 0.5) is 0 Å². The zero-order valence-electron chi connectivity index (χ0n) is 9.03. The van der Waals surface area contributed by atoms with Crippen LogP contribution in [0.25, 0.3) is 6.08 Å². The molecule has 3 heteroatoms. The minimum atomic E-state index is 0.119. The third kappa shape index (κ3) is 2.73. The number of carbonyl (C=O) groups excluding carboxylic acids is 1. The third-order valence-corrected chi connectivity index (χ3v) is 3.45. The number of amides is 1. The summed E-state index contributed by atoms with van der Waals surface area (Å²) in [5, 5.41) is 0. The second-order valence-electron chi connectivity index (χ2n) is 3.89. The Labute approximate surface area is 104 Å². The largest absolute Gasteiger partial charge is 0.339 e. The average Bonchev–Trinajstić information content (AvgIpc) is 2.81. The molecule has 1 heterocycles. The maximum Gasteiger partial charge on any atom is 0.246 e. The Morgan fingerprint density at radius 1 is 1.25 bits per heavy atom. The molecule has 0 bridgehead atoms. The third-order valence-electron chi connectivity index (χ3n) is 2.73. The van der Waals surface area contributed by atoms with E-state index in [4.69, 9.17) is 0 Å². The molecule has 1 amide bonds. The van der Waals surface area contributed by atoms with Crippen molar-refractivity contribution in [1.82, 2.24) is 4.90 Å². The first-order valence-electron chi connectivity index (χ1n) is 5.49. The van der Waals surface area contributed by atoms with Gasteiger partial charge in [0.2, 0.25) is 5.91 Å². The lowest BCUT2D eigenvalue weighted by atomic mass is 10.2. The van der Waals surface area contributed by atoms with Crippen molar-refractivity contribution in [3.63, 3.8) is 0 Å². The monoisotopic (exact) mass is 279 g/mol. The summed E-state index contributed by atoms with van der Waals surface area (Å²) in [6.45, 7) is 1.80. The predicted molar refractivity (Wildman–Crippen MR) is 69.0 cm³/mol. The van der Waals surface area contributed by atoms with Crippen LogP contribution in [-0.4, -0.2) is 23.9 Å². The SMILES string of the molecule is O=C(C=Cc1ccccc1Br)N1CCCC1. The fourth-order valence-electron chi connectivity index (χ4n) is 1.81. The molecule has 0 unspecified atom stereocenters. The number of benzene rings is 1. The van der Waals surface area contributed by atoms with Gasteiger partial charge in [-0.3, -0.25) is 4.79 Å². The van der Waals surface area contributed by atoms with Crippen molar-refractivity contribution in [2.45, 2.75) is 12.8 Å². The molecule has 1 fully saturated rings. The molecule has 2 rings (SSSR count). The van der Waals surface area contributed by atoms with Gasteiger partial charge < -0.3 is 4.90 Å². The maximum absolute atomic E-state index is 11.8. The van der Waals surface area contributed by atoms with E-state index in [-0.39, 0.29) is 5.91 Å². The van der Waals surface area contributed by atoms with Crippen LogP contribution in [0.1, 0.15) is 18.4 Å². The number of carbonyl (C=O) groups is 1. The van der Waals surface area contributed by atoms with E-state index in [1.54, 1.807) is 6.08 Å². The van der Waals surface area contributed by atoms with Gasteiger partial charge in [0.25, 0.3) is 0 Å². The Morgan fingerprint density at radius 2 is 1.94 bits per heavy atom. The van der Waals surface area contributed by atoms with Crippen molar-refractivity contribution >= 4 is 27.9 Å². The molecule has 0 N–H and O–H groups in total. The van der Waals surface area contributed by atoms with Crippen molar-refractivity contribution in [1.29, 1.82) is 0 Å². The summed E-state index contributed by atoms with van der Waals surface area (Å²) in [7, 11) is 0. The Kier molecular flexibility index (Phi) is 3.78. The van der Waals surface area contributed by atoms with Gasteiger partial charge in [-0.15, -0.1) is 0 Å². The molecule has 1 saturated heterocycles. The highest BCUT2D eigenvalue weighted by molar-refractivity contribution is 9.10. The molecule has 0 aliphatic carbocycles. The Balaban J connectivity index is 2.03. The average molecular weight is 280 g/mol. The summed E-state index contributed by atoms with van der Waals surface area (Å²) in [6.07, 6.45) is 5.79. The summed E-state index contributed by atoms with van der Waals surface area (Å²) in [6, 6.07) is 7.88. The highest BCUT2D eigenvalue weighted by Gasteiger charge is 2.14. The van der Waals surface area contributed by atoms with Crippen LogP contribution in [-0.2, 0) is 4.79 Å². The lowest BCUT2D eigenvalue weighted by Gasteiger charge is -2.11. The first-order valence-corrected chi connectivity index (χ1v) is 6.28. The smallest absolute Gasteiger partial charge is 0.246 e. The Bertz CT molecular complexity index is 408. The zero-order valence-corrected chi connectivity index (χ0v) is 10.6. The van der Waals surface area contributed by atoms with Crippen molar-refractivity contribution < 1.29 is 4.79 Å². The minimum absolute atomic E-state index is 0.119. The summed E-state index contributed by atoms with van der Waals surface area (Å²) in [5.41, 5.74) is 1.04. The van der Waals surface area contributed by atoms with Crippen LogP contribution in [0.2, 0.25) is 0 Å². The molecule has 0 aromatic heterocycles.